The Bertz CT molecular complexity index is 860. The van der Waals surface area contributed by atoms with Crippen molar-refractivity contribution in [3.8, 4) is 11.5 Å². The Morgan fingerprint density at radius 3 is 2.66 bits per heavy atom. The number of hydrogen-bond acceptors (Lipinski definition) is 6. The van der Waals surface area contributed by atoms with Gasteiger partial charge in [0.15, 0.2) is 17.6 Å². The number of methoxy groups -OCH3 is 1. The van der Waals surface area contributed by atoms with Crippen LogP contribution in [0.15, 0.2) is 41.0 Å². The molecule has 0 fully saturated rings. The normalized spacial score (nSPS) is 12.1. The topological polar surface area (TPSA) is 87.0 Å². The minimum atomic E-state index is -0.956. The molecule has 0 unspecified atom stereocenters. The van der Waals surface area contributed by atoms with E-state index < -0.39 is 18.0 Å². The maximum atomic E-state index is 12.0. The second-order valence-electron chi connectivity index (χ2n) is 6.41. The number of esters is 1. The second kappa shape index (κ2) is 10.6. The van der Waals surface area contributed by atoms with E-state index >= 15 is 0 Å². The molecule has 1 aromatic carbocycles. The van der Waals surface area contributed by atoms with Gasteiger partial charge in [-0.05, 0) is 56.7 Å². The fraction of sp³-hybridized carbons (Fsp3) is 0.333. The molecule has 1 amide bonds. The molecule has 1 aromatic heterocycles. The zero-order valence-corrected chi connectivity index (χ0v) is 17.5. The Hall–Kier alpha value is -2.93. The van der Waals surface area contributed by atoms with Crippen molar-refractivity contribution in [2.24, 2.45) is 0 Å². The quantitative estimate of drug-likeness (QED) is 0.486. The summed E-state index contributed by atoms with van der Waals surface area (Å²) in [6.45, 7) is 5.46. The van der Waals surface area contributed by atoms with Crippen LogP contribution in [0.2, 0.25) is 5.02 Å². The third-order valence-electron chi connectivity index (χ3n) is 3.70. The number of rotatable bonds is 9. The summed E-state index contributed by atoms with van der Waals surface area (Å²) in [6.07, 6.45) is 3.21. The summed E-state index contributed by atoms with van der Waals surface area (Å²) in [5.41, 5.74) is 0.620. The van der Waals surface area contributed by atoms with Gasteiger partial charge < -0.3 is 23.9 Å². The predicted molar refractivity (Wildman–Crippen MR) is 109 cm³/mol. The molecule has 0 spiro atoms. The van der Waals surface area contributed by atoms with Gasteiger partial charge in [0.25, 0.3) is 5.91 Å². The van der Waals surface area contributed by atoms with Gasteiger partial charge in [0.1, 0.15) is 5.76 Å². The summed E-state index contributed by atoms with van der Waals surface area (Å²) >= 11 is 6.26. The molecule has 29 heavy (non-hydrogen) atoms. The molecule has 0 saturated carbocycles. The van der Waals surface area contributed by atoms with Crippen LogP contribution in [0.1, 0.15) is 32.1 Å². The molecule has 0 bridgehead atoms. The van der Waals surface area contributed by atoms with Crippen molar-refractivity contribution < 1.29 is 28.2 Å². The zero-order chi connectivity index (χ0) is 21.4. The Morgan fingerprint density at radius 1 is 1.28 bits per heavy atom. The van der Waals surface area contributed by atoms with E-state index in [1.165, 1.54) is 32.4 Å². The van der Waals surface area contributed by atoms with Gasteiger partial charge in [-0.25, -0.2) is 4.79 Å². The first-order valence-corrected chi connectivity index (χ1v) is 9.41. The molecule has 0 aliphatic rings. The Balaban J connectivity index is 1.95. The summed E-state index contributed by atoms with van der Waals surface area (Å²) in [4.78, 5) is 24.0. The Labute approximate surface area is 174 Å². The summed E-state index contributed by atoms with van der Waals surface area (Å²) in [7, 11) is 1.50. The van der Waals surface area contributed by atoms with E-state index in [9.17, 15) is 9.59 Å². The van der Waals surface area contributed by atoms with Crippen LogP contribution in [0, 0.1) is 0 Å². The third kappa shape index (κ3) is 6.87. The fourth-order valence-corrected chi connectivity index (χ4v) is 2.61. The van der Waals surface area contributed by atoms with Gasteiger partial charge in [0, 0.05) is 6.08 Å². The number of hydrogen-bond donors (Lipinski definition) is 1. The van der Waals surface area contributed by atoms with Crippen LogP contribution in [0.4, 0.5) is 0 Å². The monoisotopic (exact) mass is 421 g/mol. The molecule has 0 aliphatic carbocycles. The van der Waals surface area contributed by atoms with Gasteiger partial charge in [0.05, 0.1) is 31.0 Å². The van der Waals surface area contributed by atoms with Crippen molar-refractivity contribution in [1.29, 1.82) is 0 Å². The number of nitrogens with one attached hydrogen (secondary N) is 1. The molecule has 8 heteroatoms. The minimum absolute atomic E-state index is 0.0711. The number of carbonyl (C=O) groups is 2. The molecule has 156 valence electrons. The first-order valence-electron chi connectivity index (χ1n) is 9.03. The number of halogens is 1. The van der Waals surface area contributed by atoms with E-state index in [1.807, 2.05) is 13.8 Å². The van der Waals surface area contributed by atoms with Gasteiger partial charge in [-0.2, -0.15) is 0 Å². The lowest BCUT2D eigenvalue weighted by Gasteiger charge is -2.15. The van der Waals surface area contributed by atoms with Crippen LogP contribution >= 0.6 is 11.6 Å². The lowest BCUT2D eigenvalue weighted by molar-refractivity contribution is -0.150. The highest BCUT2D eigenvalue weighted by atomic mass is 35.5. The number of benzene rings is 1. The fourth-order valence-electron chi connectivity index (χ4n) is 2.35. The van der Waals surface area contributed by atoms with Crippen molar-refractivity contribution in [3.63, 3.8) is 0 Å². The highest BCUT2D eigenvalue weighted by Gasteiger charge is 2.17. The minimum Gasteiger partial charge on any atom is -0.493 e. The van der Waals surface area contributed by atoms with Gasteiger partial charge in [-0.3, -0.25) is 4.79 Å². The van der Waals surface area contributed by atoms with Gasteiger partial charge >= 0.3 is 5.97 Å². The largest absolute Gasteiger partial charge is 0.493 e. The molecule has 2 aromatic rings. The lowest BCUT2D eigenvalue weighted by Crippen LogP contribution is -2.35. The zero-order valence-electron chi connectivity index (χ0n) is 16.7. The van der Waals surface area contributed by atoms with Gasteiger partial charge in [-0.15, -0.1) is 0 Å². The van der Waals surface area contributed by atoms with Crippen molar-refractivity contribution in [1.82, 2.24) is 5.32 Å². The molecule has 1 heterocycles. The summed E-state index contributed by atoms with van der Waals surface area (Å²) in [5.74, 6) is 0.398. The average molecular weight is 422 g/mol. The van der Waals surface area contributed by atoms with Crippen LogP contribution in [-0.4, -0.2) is 31.2 Å². The van der Waals surface area contributed by atoms with E-state index in [1.54, 1.807) is 24.3 Å². The lowest BCUT2D eigenvalue weighted by atomic mass is 10.2. The molecule has 1 N–H and O–H groups in total. The third-order valence-corrected chi connectivity index (χ3v) is 3.98. The molecule has 1 atom stereocenters. The van der Waals surface area contributed by atoms with Crippen LogP contribution in [0.3, 0.4) is 0 Å². The van der Waals surface area contributed by atoms with Gasteiger partial charge in [0.2, 0.25) is 0 Å². The molecular weight excluding hydrogens is 398 g/mol. The second-order valence-corrected chi connectivity index (χ2v) is 6.82. The maximum absolute atomic E-state index is 12.0. The van der Waals surface area contributed by atoms with Crippen LogP contribution in [0.5, 0.6) is 11.5 Å². The van der Waals surface area contributed by atoms with Crippen LogP contribution < -0.4 is 14.8 Å². The van der Waals surface area contributed by atoms with Crippen LogP contribution in [0.25, 0.3) is 6.08 Å². The van der Waals surface area contributed by atoms with E-state index in [4.69, 9.17) is 30.2 Å². The highest BCUT2D eigenvalue weighted by Crippen LogP contribution is 2.37. The van der Waals surface area contributed by atoms with Crippen LogP contribution in [-0.2, 0) is 20.9 Å². The summed E-state index contributed by atoms with van der Waals surface area (Å²) < 4.78 is 21.2. The number of ether oxygens (including phenoxy) is 3. The first-order chi connectivity index (χ1) is 13.8. The maximum Gasteiger partial charge on any atom is 0.331 e. The van der Waals surface area contributed by atoms with Crippen molar-refractivity contribution in [3.05, 3.63) is 53.0 Å². The van der Waals surface area contributed by atoms with Crippen molar-refractivity contribution in [2.45, 2.75) is 39.5 Å². The number of furan rings is 1. The molecule has 0 radical (unpaired) electrons. The van der Waals surface area contributed by atoms with E-state index in [-0.39, 0.29) is 12.6 Å². The summed E-state index contributed by atoms with van der Waals surface area (Å²) in [6, 6.07) is 6.78. The van der Waals surface area contributed by atoms with Crippen molar-refractivity contribution in [2.75, 3.05) is 7.11 Å². The number of amides is 1. The van der Waals surface area contributed by atoms with E-state index in [0.29, 0.717) is 27.8 Å². The number of carbonyl (C=O) groups excluding carboxylic acids is 2. The molecule has 7 nitrogen and oxygen atoms in total. The molecule has 0 aliphatic heterocycles. The van der Waals surface area contributed by atoms with E-state index in [0.717, 1.165) is 0 Å². The smallest absolute Gasteiger partial charge is 0.331 e. The molecular formula is C21H24ClNO6. The molecule has 2 rings (SSSR count). The van der Waals surface area contributed by atoms with E-state index in [2.05, 4.69) is 5.32 Å². The highest BCUT2D eigenvalue weighted by molar-refractivity contribution is 6.32. The summed E-state index contributed by atoms with van der Waals surface area (Å²) in [5, 5.41) is 2.98. The SMILES string of the molecule is COc1cc(/C=C/C(=O)O[C@H](C)C(=O)NCc2ccco2)cc(Cl)c1OC(C)C. The standard InChI is InChI=1S/C21H24ClNO6/c1-13(2)28-20-17(22)10-15(11-18(20)26-4)7-8-19(24)29-14(3)21(25)23-12-16-6-5-9-27-16/h5-11,13-14H,12H2,1-4H3,(H,23,25)/b8-7+/t14-/m1/s1. The first kappa shape index (κ1) is 22.4. The van der Waals surface area contributed by atoms with Gasteiger partial charge in [-0.1, -0.05) is 11.6 Å². The van der Waals surface area contributed by atoms with Crippen molar-refractivity contribution >= 4 is 29.6 Å². The molecule has 0 saturated heterocycles. The Morgan fingerprint density at radius 2 is 2.03 bits per heavy atom. The average Bonchev–Trinajstić information content (AvgIpc) is 3.19. The predicted octanol–water partition coefficient (Wildman–Crippen LogP) is 3.99. The Kier molecular flexibility index (Phi) is 8.15.